The van der Waals surface area contributed by atoms with E-state index in [0.29, 0.717) is 25.6 Å². The minimum atomic E-state index is 0.117. The molecule has 4 aromatic rings. The van der Waals surface area contributed by atoms with Crippen molar-refractivity contribution in [3.8, 4) is 5.75 Å². The van der Waals surface area contributed by atoms with E-state index in [9.17, 15) is 4.79 Å². The first-order chi connectivity index (χ1) is 20.3. The number of hydrogen-bond donors (Lipinski definition) is 2. The lowest BCUT2D eigenvalue weighted by atomic mass is 9.73. The van der Waals surface area contributed by atoms with Crippen molar-refractivity contribution in [3.63, 3.8) is 0 Å². The van der Waals surface area contributed by atoms with Crippen LogP contribution in [0.3, 0.4) is 0 Å². The summed E-state index contributed by atoms with van der Waals surface area (Å²) >= 11 is 0. The second-order valence-electron chi connectivity index (χ2n) is 11.0. The van der Waals surface area contributed by atoms with E-state index in [1.165, 1.54) is 47.1 Å². The Morgan fingerprint density at radius 1 is 0.951 bits per heavy atom. The molecule has 0 radical (unpaired) electrons. The van der Waals surface area contributed by atoms with Gasteiger partial charge in [0.2, 0.25) is 5.91 Å². The maximum absolute atomic E-state index is 12.1. The molecule has 1 saturated carbocycles. The van der Waals surface area contributed by atoms with Crippen LogP contribution in [-0.2, 0) is 4.79 Å². The number of hydrogen-bond acceptors (Lipinski definition) is 4. The zero-order valence-corrected chi connectivity index (χ0v) is 23.5. The third-order valence-electron chi connectivity index (χ3n) is 8.23. The van der Waals surface area contributed by atoms with E-state index in [2.05, 4.69) is 88.3 Å². The number of nitrogens with one attached hydrogen (secondary N) is 2. The summed E-state index contributed by atoms with van der Waals surface area (Å²) in [6, 6.07) is 25.9. The maximum atomic E-state index is 12.1. The largest absolute Gasteiger partial charge is 0.492 e. The Balaban J connectivity index is 1.16. The summed E-state index contributed by atoms with van der Waals surface area (Å²) in [6.45, 7) is 3.69. The Labute approximate surface area is 242 Å². The van der Waals surface area contributed by atoms with Crippen LogP contribution in [0.5, 0.6) is 5.75 Å². The smallest absolute Gasteiger partial charge is 0.246 e. The summed E-state index contributed by atoms with van der Waals surface area (Å²) in [7, 11) is 0. The minimum absolute atomic E-state index is 0.117. The summed E-state index contributed by atoms with van der Waals surface area (Å²) < 4.78 is 6.04. The average Bonchev–Trinajstić information content (AvgIpc) is 3.69. The molecule has 2 fully saturated rings. The van der Waals surface area contributed by atoms with Crippen molar-refractivity contribution in [3.05, 3.63) is 108 Å². The lowest BCUT2D eigenvalue weighted by Gasteiger charge is -2.31. The van der Waals surface area contributed by atoms with Gasteiger partial charge in [-0.25, -0.2) is 0 Å². The van der Waals surface area contributed by atoms with Gasteiger partial charge in [-0.15, -0.1) is 0 Å². The highest BCUT2D eigenvalue weighted by atomic mass is 16.5. The molecule has 41 heavy (non-hydrogen) atoms. The van der Waals surface area contributed by atoms with E-state index < -0.39 is 0 Å². The molecule has 6 heteroatoms. The number of carbonyl (C=O) groups is 1. The van der Waals surface area contributed by atoms with E-state index in [1.807, 2.05) is 17.2 Å². The van der Waals surface area contributed by atoms with Crippen LogP contribution in [0.4, 0.5) is 0 Å². The first-order valence-corrected chi connectivity index (χ1v) is 14.9. The van der Waals surface area contributed by atoms with Gasteiger partial charge in [-0.1, -0.05) is 61.0 Å². The Morgan fingerprint density at radius 3 is 2.49 bits per heavy atom. The highest BCUT2D eigenvalue weighted by Gasteiger charge is 2.27. The van der Waals surface area contributed by atoms with Crippen LogP contribution < -0.4 is 10.1 Å². The van der Waals surface area contributed by atoms with Crippen molar-refractivity contribution in [1.29, 1.82) is 0 Å². The second-order valence-corrected chi connectivity index (χ2v) is 11.0. The molecule has 210 valence electrons. The van der Waals surface area contributed by atoms with E-state index >= 15 is 0 Å². The zero-order valence-electron chi connectivity index (χ0n) is 23.5. The highest BCUT2D eigenvalue weighted by molar-refractivity contribution is 6.01. The summed E-state index contributed by atoms with van der Waals surface area (Å²) in [5.41, 5.74) is 7.45. The number of aromatic amines is 1. The molecule has 0 spiro atoms. The first-order valence-electron chi connectivity index (χ1n) is 14.9. The summed E-state index contributed by atoms with van der Waals surface area (Å²) in [6.07, 6.45) is 11.4. The molecule has 1 aromatic heterocycles. The molecule has 1 saturated heterocycles. The van der Waals surface area contributed by atoms with Crippen molar-refractivity contribution in [2.24, 2.45) is 5.92 Å². The van der Waals surface area contributed by atoms with E-state index in [0.717, 1.165) is 42.6 Å². The van der Waals surface area contributed by atoms with Gasteiger partial charge in [0.1, 0.15) is 12.4 Å². The van der Waals surface area contributed by atoms with Gasteiger partial charge in [-0.05, 0) is 83.7 Å². The molecular formula is C35H38N4O2. The number of nitrogens with zero attached hydrogens (tertiary/aromatic N) is 2. The van der Waals surface area contributed by atoms with Gasteiger partial charge < -0.3 is 15.0 Å². The number of H-pyrrole nitrogens is 1. The molecule has 0 unspecified atom stereocenters. The van der Waals surface area contributed by atoms with Crippen LogP contribution in [0.25, 0.3) is 22.0 Å². The summed E-state index contributed by atoms with van der Waals surface area (Å²) in [5.74, 6) is 1.52. The average molecular weight is 547 g/mol. The number of benzene rings is 3. The monoisotopic (exact) mass is 546 g/mol. The van der Waals surface area contributed by atoms with Crippen molar-refractivity contribution >= 4 is 28.0 Å². The van der Waals surface area contributed by atoms with Crippen LogP contribution in [0.2, 0.25) is 0 Å². The molecule has 2 aliphatic rings. The van der Waals surface area contributed by atoms with Crippen molar-refractivity contribution in [1.82, 2.24) is 20.4 Å². The summed E-state index contributed by atoms with van der Waals surface area (Å²) in [4.78, 5) is 14.0. The number of fused-ring (bicyclic) bond motifs is 1. The Morgan fingerprint density at radius 2 is 1.73 bits per heavy atom. The van der Waals surface area contributed by atoms with Gasteiger partial charge in [0.05, 0.1) is 11.7 Å². The van der Waals surface area contributed by atoms with Crippen LogP contribution in [0.15, 0.2) is 91.1 Å². The van der Waals surface area contributed by atoms with Gasteiger partial charge in [0, 0.05) is 37.6 Å². The predicted molar refractivity (Wildman–Crippen MR) is 166 cm³/mol. The molecule has 2 heterocycles. The maximum Gasteiger partial charge on any atom is 0.246 e. The number of allylic oxidation sites excluding steroid dienone is 1. The number of ether oxygens (including phenoxy) is 1. The summed E-state index contributed by atoms with van der Waals surface area (Å²) in [5, 5.41) is 11.8. The lowest BCUT2D eigenvalue weighted by Crippen LogP contribution is -2.26. The highest BCUT2D eigenvalue weighted by Crippen LogP contribution is 2.45. The zero-order chi connectivity index (χ0) is 27.9. The Hall–Kier alpha value is -4.16. The van der Waals surface area contributed by atoms with Crippen LogP contribution in [0, 0.1) is 5.92 Å². The molecule has 6 rings (SSSR count). The molecule has 1 amide bonds. The lowest BCUT2D eigenvalue weighted by molar-refractivity contribution is -0.125. The fourth-order valence-corrected chi connectivity index (χ4v) is 5.82. The SMILES string of the molecule is O=C(/C=C/CNCCOc1ccc(/C(=C(\c2ccccc2)C2CCC2)c2ccc3[nH]ncc3c2)cc1)N1CCCC1. The number of likely N-dealkylation sites (tertiary alicyclic amines) is 1. The van der Waals surface area contributed by atoms with Gasteiger partial charge in [0.15, 0.2) is 0 Å². The van der Waals surface area contributed by atoms with E-state index in [1.54, 1.807) is 6.08 Å². The fraction of sp³-hybridized carbons (Fsp3) is 0.314. The molecular weight excluding hydrogens is 508 g/mol. The molecule has 1 aliphatic heterocycles. The van der Waals surface area contributed by atoms with Gasteiger partial charge in [-0.3, -0.25) is 9.89 Å². The molecule has 1 aliphatic carbocycles. The molecule has 0 atom stereocenters. The first kappa shape index (κ1) is 27.0. The Kier molecular flexibility index (Phi) is 8.57. The number of rotatable bonds is 11. The van der Waals surface area contributed by atoms with Crippen molar-refractivity contribution in [2.75, 3.05) is 32.8 Å². The number of aromatic nitrogens is 2. The molecule has 0 bridgehead atoms. The molecule has 2 N–H and O–H groups in total. The van der Waals surface area contributed by atoms with Gasteiger partial charge >= 0.3 is 0 Å². The van der Waals surface area contributed by atoms with Crippen molar-refractivity contribution in [2.45, 2.75) is 32.1 Å². The number of amides is 1. The normalized spacial score (nSPS) is 16.2. The second kappa shape index (κ2) is 13.0. The quantitative estimate of drug-likeness (QED) is 0.129. The van der Waals surface area contributed by atoms with E-state index in [-0.39, 0.29) is 5.91 Å². The third kappa shape index (κ3) is 6.44. The fourth-order valence-electron chi connectivity index (χ4n) is 5.82. The topological polar surface area (TPSA) is 70.2 Å². The van der Waals surface area contributed by atoms with Gasteiger partial charge in [-0.2, -0.15) is 5.10 Å². The molecule has 6 nitrogen and oxygen atoms in total. The number of carbonyl (C=O) groups excluding carboxylic acids is 1. The predicted octanol–water partition coefficient (Wildman–Crippen LogP) is 6.47. The Bertz CT molecular complexity index is 1510. The third-order valence-corrected chi connectivity index (χ3v) is 8.23. The minimum Gasteiger partial charge on any atom is -0.492 e. The van der Waals surface area contributed by atoms with Crippen LogP contribution in [-0.4, -0.2) is 53.8 Å². The standard InChI is InChI=1S/C35H38N4O2/c40-33(39-21-4-5-22-39)12-7-19-36-20-23-41-31-16-13-28(14-17-31)35(29-15-18-32-30(24-29)25-37-38-32)34(27-10-6-11-27)26-8-2-1-3-9-26/h1-3,7-9,12-18,24-25,27,36H,4-6,10-11,19-23H2,(H,37,38)/b12-7+,35-34-. The van der Waals surface area contributed by atoms with E-state index in [4.69, 9.17) is 4.74 Å². The van der Waals surface area contributed by atoms with Crippen LogP contribution in [0.1, 0.15) is 48.8 Å². The molecule has 3 aromatic carbocycles. The van der Waals surface area contributed by atoms with Gasteiger partial charge in [0.25, 0.3) is 0 Å². The van der Waals surface area contributed by atoms with Crippen molar-refractivity contribution < 1.29 is 9.53 Å². The van der Waals surface area contributed by atoms with Crippen LogP contribution >= 0.6 is 0 Å².